The number of nitrogens with zero attached hydrogens (tertiary/aromatic N) is 2. The molecule has 1 N–H and O–H groups in total. The minimum Gasteiger partial charge on any atom is -0.341 e. The van der Waals surface area contributed by atoms with E-state index in [0.717, 1.165) is 11.1 Å². The first-order chi connectivity index (χ1) is 10.0. The lowest BCUT2D eigenvalue weighted by Gasteiger charge is -2.39. The summed E-state index contributed by atoms with van der Waals surface area (Å²) in [5, 5.41) is 3.26. The second-order valence-electron chi connectivity index (χ2n) is 4.91. The maximum absolute atomic E-state index is 12.2. The summed E-state index contributed by atoms with van der Waals surface area (Å²) < 4.78 is 0. The van der Waals surface area contributed by atoms with Gasteiger partial charge in [0, 0.05) is 42.6 Å². The third-order valence-corrected chi connectivity index (χ3v) is 4.14. The zero-order valence-corrected chi connectivity index (χ0v) is 13.1. The third-order valence-electron chi connectivity index (χ3n) is 3.81. The summed E-state index contributed by atoms with van der Waals surface area (Å²) in [4.78, 5) is 18.0. The molecule has 2 rings (SSSR count). The van der Waals surface area contributed by atoms with Crippen molar-refractivity contribution in [3.8, 4) is 0 Å². The highest BCUT2D eigenvalue weighted by molar-refractivity contribution is 6.31. The van der Waals surface area contributed by atoms with E-state index in [0.29, 0.717) is 5.02 Å². The van der Waals surface area contributed by atoms with E-state index in [1.165, 1.54) is 0 Å². The van der Waals surface area contributed by atoms with Crippen molar-refractivity contribution in [1.29, 1.82) is 0 Å². The zero-order valence-electron chi connectivity index (χ0n) is 12.3. The van der Waals surface area contributed by atoms with Gasteiger partial charge in [-0.25, -0.2) is 4.79 Å². The van der Waals surface area contributed by atoms with Gasteiger partial charge in [0.1, 0.15) is 0 Å². The lowest BCUT2D eigenvalue weighted by molar-refractivity contribution is 0.168. The van der Waals surface area contributed by atoms with Crippen LogP contribution < -0.4 is 5.32 Å². The van der Waals surface area contributed by atoms with Crippen molar-refractivity contribution >= 4 is 17.6 Å². The fourth-order valence-corrected chi connectivity index (χ4v) is 2.73. The number of amides is 2. The molecule has 1 atom stereocenters. The van der Waals surface area contributed by atoms with E-state index in [4.69, 9.17) is 11.6 Å². The Morgan fingerprint density at radius 2 is 2.00 bits per heavy atom. The topological polar surface area (TPSA) is 45.2 Å². The molecule has 5 heteroatoms. The van der Waals surface area contributed by atoms with E-state index in [1.807, 2.05) is 43.3 Å². The maximum Gasteiger partial charge on any atom is 0.317 e. The van der Waals surface area contributed by atoms with Crippen molar-refractivity contribution in [1.82, 2.24) is 15.2 Å². The van der Waals surface area contributed by atoms with Crippen molar-refractivity contribution in [3.05, 3.63) is 64.9 Å². The van der Waals surface area contributed by atoms with Crippen molar-refractivity contribution in [2.24, 2.45) is 0 Å². The summed E-state index contributed by atoms with van der Waals surface area (Å²) >= 11 is 6.37. The van der Waals surface area contributed by atoms with Crippen LogP contribution in [0.4, 0.5) is 4.79 Å². The number of rotatable bonds is 3. The maximum atomic E-state index is 12.2. The van der Waals surface area contributed by atoms with Crippen LogP contribution in [0.3, 0.4) is 0 Å². The van der Waals surface area contributed by atoms with Gasteiger partial charge in [0.2, 0.25) is 0 Å². The molecule has 0 saturated heterocycles. The average molecular weight is 304 g/mol. The van der Waals surface area contributed by atoms with E-state index in [1.54, 1.807) is 31.4 Å². The predicted octanol–water partition coefficient (Wildman–Crippen LogP) is 3.27. The van der Waals surface area contributed by atoms with E-state index in [2.05, 4.69) is 10.3 Å². The molecule has 0 bridgehead atoms. The molecule has 0 fully saturated rings. The van der Waals surface area contributed by atoms with Crippen LogP contribution in [0.2, 0.25) is 5.02 Å². The molecule has 2 amide bonds. The number of urea groups is 1. The van der Waals surface area contributed by atoms with Crippen molar-refractivity contribution < 1.29 is 4.79 Å². The minimum atomic E-state index is -0.716. The van der Waals surface area contributed by atoms with E-state index < -0.39 is 5.54 Å². The van der Waals surface area contributed by atoms with Gasteiger partial charge >= 0.3 is 6.03 Å². The van der Waals surface area contributed by atoms with Gasteiger partial charge in [0.25, 0.3) is 0 Å². The molecule has 0 radical (unpaired) electrons. The van der Waals surface area contributed by atoms with Gasteiger partial charge in [0.05, 0.1) is 5.54 Å². The highest BCUT2D eigenvalue weighted by Crippen LogP contribution is 2.38. The molecule has 1 aromatic heterocycles. The Labute approximate surface area is 129 Å². The van der Waals surface area contributed by atoms with Crippen LogP contribution in [-0.2, 0) is 5.54 Å². The molecule has 0 aliphatic rings. The largest absolute Gasteiger partial charge is 0.341 e. The summed E-state index contributed by atoms with van der Waals surface area (Å²) in [5.41, 5.74) is 1.03. The SMILES string of the molecule is CNC(=O)N(C)[C@](C)(c1cccnc1)c1ccccc1Cl. The van der Waals surface area contributed by atoms with E-state index in [9.17, 15) is 4.79 Å². The minimum absolute atomic E-state index is 0.193. The molecule has 0 unspecified atom stereocenters. The first kappa shape index (κ1) is 15.3. The fourth-order valence-electron chi connectivity index (χ4n) is 2.41. The normalized spacial score (nSPS) is 13.3. The molecule has 4 nitrogen and oxygen atoms in total. The number of halogens is 1. The van der Waals surface area contributed by atoms with Crippen LogP contribution >= 0.6 is 11.6 Å². The summed E-state index contributed by atoms with van der Waals surface area (Å²) in [5.74, 6) is 0. The molecule has 0 saturated carbocycles. The Hall–Kier alpha value is -2.07. The van der Waals surface area contributed by atoms with Crippen LogP contribution in [0, 0.1) is 0 Å². The van der Waals surface area contributed by atoms with Gasteiger partial charge in [-0.05, 0) is 19.1 Å². The Morgan fingerprint density at radius 1 is 1.29 bits per heavy atom. The fraction of sp³-hybridized carbons (Fsp3) is 0.250. The number of aromatic nitrogens is 1. The lowest BCUT2D eigenvalue weighted by atomic mass is 9.84. The third kappa shape index (κ3) is 2.72. The Bertz CT molecular complexity index is 632. The van der Waals surface area contributed by atoms with Crippen LogP contribution in [0.15, 0.2) is 48.8 Å². The Morgan fingerprint density at radius 3 is 2.57 bits per heavy atom. The van der Waals surface area contributed by atoms with Gasteiger partial charge in [0.15, 0.2) is 0 Å². The standard InChI is InChI=1S/C16H18ClN3O/c1-16(20(3)15(21)18-2,12-7-6-10-19-11-12)13-8-4-5-9-14(13)17/h4-11H,1-3H3,(H,18,21)/t16-/m1/s1. The molecule has 110 valence electrons. The number of carbonyl (C=O) groups excluding carboxylic acids is 1. The second-order valence-corrected chi connectivity index (χ2v) is 5.32. The number of nitrogens with one attached hydrogen (secondary N) is 1. The van der Waals surface area contributed by atoms with Crippen LogP contribution in [0.5, 0.6) is 0 Å². The highest BCUT2D eigenvalue weighted by Gasteiger charge is 2.37. The van der Waals surface area contributed by atoms with Crippen molar-refractivity contribution in [2.75, 3.05) is 14.1 Å². The second kappa shape index (κ2) is 6.14. The number of pyridine rings is 1. The van der Waals surface area contributed by atoms with Gasteiger partial charge in [-0.2, -0.15) is 0 Å². The smallest absolute Gasteiger partial charge is 0.317 e. The molecule has 21 heavy (non-hydrogen) atoms. The molecule has 0 aliphatic carbocycles. The van der Waals surface area contributed by atoms with Gasteiger partial charge < -0.3 is 10.2 Å². The van der Waals surface area contributed by atoms with Crippen LogP contribution in [-0.4, -0.2) is 30.0 Å². The molecule has 2 aromatic rings. The van der Waals surface area contributed by atoms with Crippen LogP contribution in [0.1, 0.15) is 18.1 Å². The lowest BCUT2D eigenvalue weighted by Crippen LogP contribution is -2.49. The Kier molecular flexibility index (Phi) is 4.48. The summed E-state index contributed by atoms with van der Waals surface area (Å²) in [6.07, 6.45) is 3.46. The number of benzene rings is 1. The number of hydrogen-bond donors (Lipinski definition) is 1. The Balaban J connectivity index is 2.65. The predicted molar refractivity (Wildman–Crippen MR) is 84.4 cm³/mol. The zero-order chi connectivity index (χ0) is 15.5. The van der Waals surface area contributed by atoms with Gasteiger partial charge in [-0.3, -0.25) is 4.98 Å². The van der Waals surface area contributed by atoms with Crippen LogP contribution in [0.25, 0.3) is 0 Å². The van der Waals surface area contributed by atoms with Gasteiger partial charge in [-0.1, -0.05) is 35.9 Å². The molecular weight excluding hydrogens is 286 g/mol. The molecule has 0 spiro atoms. The average Bonchev–Trinajstić information content (AvgIpc) is 2.54. The van der Waals surface area contributed by atoms with E-state index in [-0.39, 0.29) is 6.03 Å². The molecule has 1 heterocycles. The molecule has 0 aliphatic heterocycles. The first-order valence-corrected chi connectivity index (χ1v) is 7.00. The summed E-state index contributed by atoms with van der Waals surface area (Å²) in [6.45, 7) is 1.96. The molecular formula is C16H18ClN3O. The van der Waals surface area contributed by atoms with Gasteiger partial charge in [-0.15, -0.1) is 0 Å². The molecule has 1 aromatic carbocycles. The summed E-state index contributed by atoms with van der Waals surface area (Å²) in [7, 11) is 3.35. The van der Waals surface area contributed by atoms with Crippen molar-refractivity contribution in [2.45, 2.75) is 12.5 Å². The summed E-state index contributed by atoms with van der Waals surface area (Å²) in [6, 6.07) is 11.1. The highest BCUT2D eigenvalue weighted by atomic mass is 35.5. The van der Waals surface area contributed by atoms with E-state index >= 15 is 0 Å². The first-order valence-electron chi connectivity index (χ1n) is 6.63. The number of carbonyl (C=O) groups is 1. The monoisotopic (exact) mass is 303 g/mol. The number of hydrogen-bond acceptors (Lipinski definition) is 2. The quantitative estimate of drug-likeness (QED) is 0.946. The van der Waals surface area contributed by atoms with Crippen molar-refractivity contribution in [3.63, 3.8) is 0 Å².